The Morgan fingerprint density at radius 2 is 2.58 bits per heavy atom. The molecule has 1 aromatic heterocycles. The fourth-order valence-electron chi connectivity index (χ4n) is 1.29. The van der Waals surface area contributed by atoms with Crippen LogP contribution in [0, 0.1) is 0 Å². The van der Waals surface area contributed by atoms with Crippen molar-refractivity contribution in [3.63, 3.8) is 0 Å². The first-order valence-corrected chi connectivity index (χ1v) is 5.68. The summed E-state index contributed by atoms with van der Waals surface area (Å²) in [5.74, 6) is 0.407. The Bertz CT molecular complexity index is 271. The minimum absolute atomic E-state index is 0.407. The monoisotopic (exact) mass is 199 g/mol. The second kappa shape index (κ2) is 3.58. The lowest BCUT2D eigenvalue weighted by molar-refractivity contribution is -0.117. The molecule has 1 atom stereocenters. The summed E-state index contributed by atoms with van der Waals surface area (Å²) >= 11 is 3.40. The summed E-state index contributed by atoms with van der Waals surface area (Å²) < 4.78 is 1.09. The largest absolute Gasteiger partial charge is 0.300 e. The quantitative estimate of drug-likeness (QED) is 0.732. The van der Waals surface area contributed by atoms with Gasteiger partial charge in [0.05, 0.1) is 0 Å². The molecule has 2 rings (SSSR count). The maximum absolute atomic E-state index is 11.0. The van der Waals surface area contributed by atoms with Gasteiger partial charge in [-0.15, -0.1) is 11.3 Å². The molecule has 0 N–H and O–H groups in total. The van der Waals surface area contributed by atoms with Crippen LogP contribution in [0.3, 0.4) is 0 Å². The van der Waals surface area contributed by atoms with E-state index in [1.807, 2.05) is 11.6 Å². The summed E-state index contributed by atoms with van der Waals surface area (Å²) in [5.41, 5.74) is 0. The highest BCUT2D eigenvalue weighted by Gasteiger charge is 2.23. The van der Waals surface area contributed by atoms with E-state index in [0.717, 1.165) is 23.6 Å². The number of carbonyl (C=O) groups excluding carboxylic acids is 1. The van der Waals surface area contributed by atoms with Crippen LogP contribution >= 0.6 is 23.1 Å². The van der Waals surface area contributed by atoms with Crippen molar-refractivity contribution < 1.29 is 4.79 Å². The van der Waals surface area contributed by atoms with Gasteiger partial charge in [0.15, 0.2) is 0 Å². The van der Waals surface area contributed by atoms with Crippen molar-refractivity contribution in [3.05, 3.63) is 11.6 Å². The summed E-state index contributed by atoms with van der Waals surface area (Å²) in [4.78, 5) is 15.1. The van der Waals surface area contributed by atoms with E-state index >= 15 is 0 Å². The topological polar surface area (TPSA) is 30.0 Å². The smallest absolute Gasteiger partial charge is 0.150 e. The minimum atomic E-state index is 0.407. The molecule has 1 fully saturated rings. The number of aromatic nitrogens is 1. The van der Waals surface area contributed by atoms with Crippen molar-refractivity contribution in [3.8, 4) is 0 Å². The highest BCUT2D eigenvalue weighted by Crippen LogP contribution is 2.33. The highest BCUT2D eigenvalue weighted by molar-refractivity contribution is 8.01. The number of thioether (sulfide) groups is 1. The van der Waals surface area contributed by atoms with Gasteiger partial charge in [0, 0.05) is 29.7 Å². The van der Waals surface area contributed by atoms with E-state index in [9.17, 15) is 4.79 Å². The number of hydrogen-bond acceptors (Lipinski definition) is 4. The van der Waals surface area contributed by atoms with Gasteiger partial charge >= 0.3 is 0 Å². The Kier molecular flexibility index (Phi) is 2.46. The molecule has 0 aliphatic heterocycles. The lowest BCUT2D eigenvalue weighted by Crippen LogP contribution is -1.95. The molecule has 0 amide bonds. The maximum Gasteiger partial charge on any atom is 0.150 e. The first-order chi connectivity index (χ1) is 5.84. The zero-order valence-electron chi connectivity index (χ0n) is 6.53. The van der Waals surface area contributed by atoms with Gasteiger partial charge in [-0.3, -0.25) is 4.79 Å². The molecule has 1 aromatic rings. The van der Waals surface area contributed by atoms with Crippen molar-refractivity contribution in [2.24, 2.45) is 0 Å². The third-order valence-corrected chi connectivity index (χ3v) is 4.06. The van der Waals surface area contributed by atoms with Crippen LogP contribution in [0.25, 0.3) is 0 Å². The zero-order valence-corrected chi connectivity index (χ0v) is 8.16. The number of ketones is 1. The van der Waals surface area contributed by atoms with Gasteiger partial charge in [-0.2, -0.15) is 0 Å². The molecule has 0 aromatic carbocycles. The zero-order chi connectivity index (χ0) is 8.39. The predicted molar refractivity (Wildman–Crippen MR) is 50.6 cm³/mol. The first-order valence-electron chi connectivity index (χ1n) is 3.92. The van der Waals surface area contributed by atoms with Gasteiger partial charge in [-0.05, 0) is 6.42 Å². The van der Waals surface area contributed by atoms with Crippen LogP contribution in [0.4, 0.5) is 0 Å². The van der Waals surface area contributed by atoms with E-state index in [1.54, 1.807) is 23.1 Å². The summed E-state index contributed by atoms with van der Waals surface area (Å²) in [6.45, 7) is 0. The highest BCUT2D eigenvalue weighted by atomic mass is 32.2. The summed E-state index contributed by atoms with van der Waals surface area (Å²) in [5, 5.41) is 2.46. The van der Waals surface area contributed by atoms with Gasteiger partial charge in [0.2, 0.25) is 0 Å². The average molecular weight is 199 g/mol. The lowest BCUT2D eigenvalue weighted by atomic mass is 10.4. The molecule has 1 saturated carbocycles. The van der Waals surface area contributed by atoms with Gasteiger partial charge in [-0.25, -0.2) is 4.98 Å². The molecule has 1 aliphatic carbocycles. The van der Waals surface area contributed by atoms with E-state index in [0.29, 0.717) is 11.0 Å². The van der Waals surface area contributed by atoms with E-state index in [-0.39, 0.29) is 0 Å². The van der Waals surface area contributed by atoms with Gasteiger partial charge in [-0.1, -0.05) is 11.8 Å². The van der Waals surface area contributed by atoms with Crippen LogP contribution in [-0.4, -0.2) is 16.0 Å². The van der Waals surface area contributed by atoms with E-state index < -0.39 is 0 Å². The van der Waals surface area contributed by atoms with Crippen LogP contribution in [0.1, 0.15) is 19.3 Å². The van der Waals surface area contributed by atoms with E-state index in [4.69, 9.17) is 0 Å². The molecule has 0 bridgehead atoms. The van der Waals surface area contributed by atoms with Gasteiger partial charge < -0.3 is 0 Å². The summed E-state index contributed by atoms with van der Waals surface area (Å²) in [7, 11) is 0. The predicted octanol–water partition coefficient (Wildman–Crippen LogP) is 2.36. The first kappa shape index (κ1) is 8.26. The Morgan fingerprint density at radius 3 is 3.17 bits per heavy atom. The van der Waals surface area contributed by atoms with E-state index in [1.165, 1.54) is 0 Å². The van der Waals surface area contributed by atoms with Crippen molar-refractivity contribution in [2.45, 2.75) is 28.9 Å². The third-order valence-electron chi connectivity index (χ3n) is 1.88. The number of rotatable bonds is 2. The number of hydrogen-bond donors (Lipinski definition) is 0. The van der Waals surface area contributed by atoms with Gasteiger partial charge in [0.1, 0.15) is 10.1 Å². The Morgan fingerprint density at radius 1 is 1.67 bits per heavy atom. The minimum Gasteiger partial charge on any atom is -0.300 e. The second-order valence-electron chi connectivity index (χ2n) is 2.82. The number of Topliss-reactive ketones (excluding diaryl/α,β-unsaturated/α-hetero) is 1. The maximum atomic E-state index is 11.0. The molecule has 0 radical (unpaired) electrons. The van der Waals surface area contributed by atoms with Gasteiger partial charge in [0.25, 0.3) is 0 Å². The van der Waals surface area contributed by atoms with E-state index in [2.05, 4.69) is 4.98 Å². The number of thiazole rings is 1. The number of nitrogens with zero attached hydrogens (tertiary/aromatic N) is 1. The molecule has 64 valence electrons. The molecule has 0 spiro atoms. The Hall–Kier alpha value is -0.350. The van der Waals surface area contributed by atoms with Crippen LogP contribution in [0.5, 0.6) is 0 Å². The van der Waals surface area contributed by atoms with Crippen molar-refractivity contribution >= 4 is 28.9 Å². The summed E-state index contributed by atoms with van der Waals surface area (Å²) in [6.07, 6.45) is 4.35. The molecule has 1 aliphatic rings. The molecule has 12 heavy (non-hydrogen) atoms. The summed E-state index contributed by atoms with van der Waals surface area (Å²) in [6, 6.07) is 0. The Labute approximate surface area is 79.4 Å². The number of carbonyl (C=O) groups is 1. The molecule has 2 nitrogen and oxygen atoms in total. The average Bonchev–Trinajstić information content (AvgIpc) is 2.63. The molecule has 1 heterocycles. The van der Waals surface area contributed by atoms with Crippen LogP contribution in [0.15, 0.2) is 15.9 Å². The molecule has 0 saturated heterocycles. The molecular weight excluding hydrogens is 190 g/mol. The van der Waals surface area contributed by atoms with Crippen molar-refractivity contribution in [1.29, 1.82) is 0 Å². The van der Waals surface area contributed by atoms with Crippen LogP contribution in [-0.2, 0) is 4.79 Å². The lowest BCUT2D eigenvalue weighted by Gasteiger charge is -2.02. The molecule has 4 heteroatoms. The normalized spacial score (nSPS) is 23.3. The van der Waals surface area contributed by atoms with Crippen molar-refractivity contribution in [1.82, 2.24) is 4.98 Å². The molecular formula is C8H9NOS2. The van der Waals surface area contributed by atoms with Crippen LogP contribution in [0.2, 0.25) is 0 Å². The third kappa shape index (κ3) is 1.87. The second-order valence-corrected chi connectivity index (χ2v) is 5.26. The SMILES string of the molecule is O=C1CCC(Sc2nccs2)C1. The Balaban J connectivity index is 1.92. The molecule has 1 unspecified atom stereocenters. The standard InChI is InChI=1S/C8H9NOS2/c10-6-1-2-7(5-6)12-8-9-3-4-11-8/h3-4,7H,1-2,5H2. The van der Waals surface area contributed by atoms with Crippen LogP contribution < -0.4 is 0 Å². The fourth-order valence-corrected chi connectivity index (χ4v) is 3.36. The fraction of sp³-hybridized carbons (Fsp3) is 0.500. The van der Waals surface area contributed by atoms with Crippen molar-refractivity contribution in [2.75, 3.05) is 0 Å².